The van der Waals surface area contributed by atoms with Gasteiger partial charge in [0.15, 0.2) is 6.61 Å². The van der Waals surface area contributed by atoms with E-state index < -0.39 is 0 Å². The van der Waals surface area contributed by atoms with Gasteiger partial charge < -0.3 is 10.1 Å². The van der Waals surface area contributed by atoms with Gasteiger partial charge in [-0.1, -0.05) is 40.0 Å². The number of amides is 1. The summed E-state index contributed by atoms with van der Waals surface area (Å²) in [6, 6.07) is 4.05. The molecular formula is C21H31N5O2. The molecule has 1 aliphatic rings. The highest BCUT2D eigenvalue weighted by molar-refractivity contribution is 5.77. The molecule has 152 valence electrons. The Bertz CT molecular complexity index is 812. The van der Waals surface area contributed by atoms with Crippen molar-refractivity contribution in [1.82, 2.24) is 25.1 Å². The second kappa shape index (κ2) is 8.29. The van der Waals surface area contributed by atoms with Crippen LogP contribution in [-0.2, 0) is 10.2 Å². The predicted octanol–water partition coefficient (Wildman–Crippen LogP) is 3.40. The fourth-order valence-corrected chi connectivity index (χ4v) is 3.43. The summed E-state index contributed by atoms with van der Waals surface area (Å²) >= 11 is 0. The van der Waals surface area contributed by atoms with Crippen LogP contribution in [0.25, 0.3) is 5.95 Å². The van der Waals surface area contributed by atoms with Crippen molar-refractivity contribution in [1.29, 1.82) is 0 Å². The first-order valence-electron chi connectivity index (χ1n) is 10.1. The van der Waals surface area contributed by atoms with Crippen LogP contribution in [0.4, 0.5) is 0 Å². The number of nitrogens with zero attached hydrogens (tertiary/aromatic N) is 4. The van der Waals surface area contributed by atoms with Crippen LogP contribution in [0.2, 0.25) is 0 Å². The van der Waals surface area contributed by atoms with E-state index in [0.717, 1.165) is 29.9 Å². The largest absolute Gasteiger partial charge is 0.467 e. The molecule has 0 spiro atoms. The van der Waals surface area contributed by atoms with Crippen molar-refractivity contribution in [3.8, 4) is 11.8 Å². The minimum absolute atomic E-state index is 0.0451. The summed E-state index contributed by atoms with van der Waals surface area (Å²) in [7, 11) is 0. The van der Waals surface area contributed by atoms with E-state index in [-0.39, 0.29) is 24.0 Å². The van der Waals surface area contributed by atoms with Gasteiger partial charge in [-0.05, 0) is 32.8 Å². The lowest BCUT2D eigenvalue weighted by molar-refractivity contribution is -0.124. The van der Waals surface area contributed by atoms with Gasteiger partial charge in [-0.15, -0.1) is 0 Å². The molecular weight excluding hydrogens is 354 g/mol. The van der Waals surface area contributed by atoms with E-state index >= 15 is 0 Å². The van der Waals surface area contributed by atoms with E-state index in [4.69, 9.17) is 4.74 Å². The number of hydrogen-bond acceptors (Lipinski definition) is 5. The Balaban J connectivity index is 1.78. The molecule has 1 amide bonds. The third kappa shape index (κ3) is 5.09. The van der Waals surface area contributed by atoms with Crippen molar-refractivity contribution in [3.05, 3.63) is 29.2 Å². The molecule has 2 heterocycles. The summed E-state index contributed by atoms with van der Waals surface area (Å²) in [6.07, 6.45) is 5.71. The minimum atomic E-state index is -0.160. The molecule has 0 radical (unpaired) electrons. The van der Waals surface area contributed by atoms with Gasteiger partial charge in [0.05, 0.1) is 5.69 Å². The zero-order valence-corrected chi connectivity index (χ0v) is 17.6. The molecule has 7 nitrogen and oxygen atoms in total. The zero-order chi connectivity index (χ0) is 20.3. The van der Waals surface area contributed by atoms with Crippen LogP contribution in [0.3, 0.4) is 0 Å². The monoisotopic (exact) mass is 385 g/mol. The molecule has 7 heteroatoms. The maximum atomic E-state index is 12.3. The predicted molar refractivity (Wildman–Crippen MR) is 108 cm³/mol. The van der Waals surface area contributed by atoms with E-state index in [2.05, 4.69) is 41.2 Å². The van der Waals surface area contributed by atoms with E-state index in [1.807, 2.05) is 26.0 Å². The average Bonchev–Trinajstić information content (AvgIpc) is 3.05. The molecule has 0 aromatic carbocycles. The van der Waals surface area contributed by atoms with Crippen LogP contribution in [0.5, 0.6) is 5.88 Å². The van der Waals surface area contributed by atoms with Crippen molar-refractivity contribution in [2.45, 2.75) is 78.2 Å². The van der Waals surface area contributed by atoms with Crippen LogP contribution in [-0.4, -0.2) is 38.3 Å². The fraction of sp³-hybridized carbons (Fsp3) is 0.619. The SMILES string of the molecule is Cc1cc(C)nc(-n2nc(C(C)(C)C)cc2OCC(=O)NC2CCCCC2)n1. The smallest absolute Gasteiger partial charge is 0.258 e. The molecule has 3 rings (SSSR count). The standard InChI is InChI=1S/C21H31N5O2/c1-14-11-15(2)23-20(22-14)26-19(12-17(25-26)21(3,4)5)28-13-18(27)24-16-9-7-6-8-10-16/h11-12,16H,6-10,13H2,1-5H3,(H,24,27). The lowest BCUT2D eigenvalue weighted by Gasteiger charge is -2.22. The van der Waals surface area contributed by atoms with E-state index in [0.29, 0.717) is 11.8 Å². The van der Waals surface area contributed by atoms with Gasteiger partial charge in [0.25, 0.3) is 11.9 Å². The molecule has 0 bridgehead atoms. The Morgan fingerprint density at radius 1 is 1.14 bits per heavy atom. The molecule has 1 saturated carbocycles. The highest BCUT2D eigenvalue weighted by atomic mass is 16.5. The number of aromatic nitrogens is 4. The van der Waals surface area contributed by atoms with Crippen molar-refractivity contribution in [2.75, 3.05) is 6.61 Å². The van der Waals surface area contributed by atoms with E-state index in [1.165, 1.54) is 19.3 Å². The van der Waals surface area contributed by atoms with Crippen LogP contribution in [0.15, 0.2) is 12.1 Å². The highest BCUT2D eigenvalue weighted by Crippen LogP contribution is 2.27. The Hall–Kier alpha value is -2.44. The van der Waals surface area contributed by atoms with Crippen LogP contribution < -0.4 is 10.1 Å². The molecule has 0 saturated heterocycles. The fourth-order valence-electron chi connectivity index (χ4n) is 3.43. The summed E-state index contributed by atoms with van der Waals surface area (Å²) in [5.74, 6) is 0.836. The minimum Gasteiger partial charge on any atom is -0.467 e. The molecule has 1 aliphatic carbocycles. The molecule has 0 unspecified atom stereocenters. The van der Waals surface area contributed by atoms with Gasteiger partial charge in [0, 0.05) is 28.9 Å². The van der Waals surface area contributed by atoms with Gasteiger partial charge >= 0.3 is 0 Å². The first-order valence-corrected chi connectivity index (χ1v) is 10.1. The van der Waals surface area contributed by atoms with E-state index in [1.54, 1.807) is 4.68 Å². The third-order valence-corrected chi connectivity index (χ3v) is 4.93. The van der Waals surface area contributed by atoms with Crippen LogP contribution >= 0.6 is 0 Å². The van der Waals surface area contributed by atoms with Gasteiger partial charge in [-0.2, -0.15) is 9.78 Å². The average molecular weight is 386 g/mol. The number of carbonyl (C=O) groups excluding carboxylic acids is 1. The second-order valence-electron chi connectivity index (χ2n) is 8.67. The summed E-state index contributed by atoms with van der Waals surface area (Å²) < 4.78 is 7.45. The molecule has 0 atom stereocenters. The van der Waals surface area contributed by atoms with Crippen molar-refractivity contribution in [3.63, 3.8) is 0 Å². The molecule has 2 aromatic heterocycles. The zero-order valence-electron chi connectivity index (χ0n) is 17.6. The summed E-state index contributed by atoms with van der Waals surface area (Å²) in [5.41, 5.74) is 2.41. The summed E-state index contributed by atoms with van der Waals surface area (Å²) in [5, 5.41) is 7.74. The molecule has 28 heavy (non-hydrogen) atoms. The maximum Gasteiger partial charge on any atom is 0.258 e. The normalized spacial score (nSPS) is 15.5. The quantitative estimate of drug-likeness (QED) is 0.853. The van der Waals surface area contributed by atoms with Crippen molar-refractivity contribution < 1.29 is 9.53 Å². The van der Waals surface area contributed by atoms with Gasteiger partial charge in [0.2, 0.25) is 5.88 Å². The number of carbonyl (C=O) groups is 1. The second-order valence-corrected chi connectivity index (χ2v) is 8.67. The lowest BCUT2D eigenvalue weighted by Crippen LogP contribution is -2.39. The Morgan fingerprint density at radius 3 is 2.39 bits per heavy atom. The van der Waals surface area contributed by atoms with Crippen molar-refractivity contribution >= 4 is 5.91 Å². The first kappa shape index (κ1) is 20.3. The van der Waals surface area contributed by atoms with E-state index in [9.17, 15) is 4.79 Å². The number of nitrogens with one attached hydrogen (secondary N) is 1. The van der Waals surface area contributed by atoms with Gasteiger partial charge in [-0.3, -0.25) is 4.79 Å². The van der Waals surface area contributed by atoms with Crippen LogP contribution in [0.1, 0.15) is 70.0 Å². The van der Waals surface area contributed by atoms with Crippen molar-refractivity contribution in [2.24, 2.45) is 0 Å². The lowest BCUT2D eigenvalue weighted by atomic mass is 9.93. The number of rotatable bonds is 5. The third-order valence-electron chi connectivity index (χ3n) is 4.93. The Labute approximate surface area is 166 Å². The Morgan fingerprint density at radius 2 is 1.79 bits per heavy atom. The number of hydrogen-bond donors (Lipinski definition) is 1. The first-order chi connectivity index (χ1) is 13.2. The molecule has 1 fully saturated rings. The maximum absolute atomic E-state index is 12.3. The van der Waals surface area contributed by atoms with Gasteiger partial charge in [0.1, 0.15) is 0 Å². The van der Waals surface area contributed by atoms with Gasteiger partial charge in [-0.25, -0.2) is 9.97 Å². The topological polar surface area (TPSA) is 81.9 Å². The Kier molecular flexibility index (Phi) is 6.01. The molecule has 0 aliphatic heterocycles. The summed E-state index contributed by atoms with van der Waals surface area (Å²) in [4.78, 5) is 21.3. The van der Waals surface area contributed by atoms with Crippen LogP contribution in [0, 0.1) is 13.8 Å². The summed E-state index contributed by atoms with van der Waals surface area (Å²) in [6.45, 7) is 10.1. The number of aryl methyl sites for hydroxylation is 2. The molecule has 1 N–H and O–H groups in total. The number of ether oxygens (including phenoxy) is 1. The highest BCUT2D eigenvalue weighted by Gasteiger charge is 2.23. The molecule has 2 aromatic rings.